The highest BCUT2D eigenvalue weighted by Crippen LogP contribution is 2.43. The molecule has 40 heavy (non-hydrogen) atoms. The first-order valence-corrected chi connectivity index (χ1v) is 14.2. The second-order valence-electron chi connectivity index (χ2n) is 13.8. The maximum absolute atomic E-state index is 13.9. The molecule has 0 aromatic carbocycles. The zero-order chi connectivity index (χ0) is 29.0. The van der Waals surface area contributed by atoms with Gasteiger partial charge in [-0.25, -0.2) is 19.7 Å². The molecule has 1 saturated heterocycles. The van der Waals surface area contributed by atoms with E-state index in [4.69, 9.17) is 9.40 Å². The van der Waals surface area contributed by atoms with E-state index in [1.165, 1.54) is 25.1 Å². The lowest BCUT2D eigenvalue weighted by Crippen LogP contribution is -2.61. The molecule has 1 saturated carbocycles. The number of pyridine rings is 1. The molecule has 214 valence electrons. The number of nitrogens with zero attached hydrogens (tertiary/aromatic N) is 5. The Morgan fingerprint density at radius 1 is 1.05 bits per heavy atom. The van der Waals surface area contributed by atoms with E-state index in [0.29, 0.717) is 48.3 Å². The zero-order valence-corrected chi connectivity index (χ0v) is 24.7. The fourth-order valence-electron chi connectivity index (χ4n) is 6.06. The van der Waals surface area contributed by atoms with Crippen LogP contribution in [0.4, 0.5) is 5.95 Å². The number of rotatable bonds is 4. The molecule has 1 N–H and O–H groups in total. The summed E-state index contributed by atoms with van der Waals surface area (Å²) in [5.74, 6) is -0.215. The van der Waals surface area contributed by atoms with Crippen LogP contribution in [-0.4, -0.2) is 62.0 Å². The minimum Gasteiger partial charge on any atom is -0.477 e. The van der Waals surface area contributed by atoms with Crippen LogP contribution < -0.4 is 4.90 Å². The number of carboxylic acids is 1. The Hall–Kier alpha value is -3.49. The molecule has 1 aliphatic carbocycles. The van der Waals surface area contributed by atoms with Crippen molar-refractivity contribution in [2.75, 3.05) is 24.5 Å². The molecule has 0 unspecified atom stereocenters. The second-order valence-corrected chi connectivity index (χ2v) is 13.8. The number of hydrogen-bond donors (Lipinski definition) is 1. The molecule has 0 spiro atoms. The van der Waals surface area contributed by atoms with Gasteiger partial charge in [0.1, 0.15) is 5.52 Å². The summed E-state index contributed by atoms with van der Waals surface area (Å²) >= 11 is 0. The normalized spacial score (nSPS) is 19.7. The third kappa shape index (κ3) is 5.43. The summed E-state index contributed by atoms with van der Waals surface area (Å²) in [5, 5.41) is 9.32. The van der Waals surface area contributed by atoms with E-state index in [2.05, 4.69) is 50.7 Å². The largest absolute Gasteiger partial charge is 0.477 e. The molecule has 3 aromatic heterocycles. The molecule has 1 aliphatic heterocycles. The van der Waals surface area contributed by atoms with Crippen LogP contribution in [0.25, 0.3) is 11.1 Å². The molecule has 9 nitrogen and oxygen atoms in total. The summed E-state index contributed by atoms with van der Waals surface area (Å²) < 4.78 is 6.31. The van der Waals surface area contributed by atoms with E-state index in [-0.39, 0.29) is 17.0 Å². The minimum atomic E-state index is -1.10. The highest BCUT2D eigenvalue weighted by molar-refractivity contribution is 5.96. The first kappa shape index (κ1) is 28.1. The van der Waals surface area contributed by atoms with E-state index in [0.717, 1.165) is 29.6 Å². The number of carbonyl (C=O) groups is 2. The molecule has 2 aliphatic rings. The van der Waals surface area contributed by atoms with Gasteiger partial charge in [0, 0.05) is 49.1 Å². The van der Waals surface area contributed by atoms with Crippen molar-refractivity contribution < 1.29 is 19.1 Å². The highest BCUT2D eigenvalue weighted by atomic mass is 16.4. The van der Waals surface area contributed by atoms with Crippen LogP contribution >= 0.6 is 0 Å². The number of aromatic carboxylic acids is 1. The van der Waals surface area contributed by atoms with Gasteiger partial charge in [0.2, 0.25) is 5.95 Å². The van der Waals surface area contributed by atoms with Crippen molar-refractivity contribution in [1.29, 1.82) is 0 Å². The Bertz CT molecular complexity index is 1440. The van der Waals surface area contributed by atoms with E-state index < -0.39 is 11.5 Å². The van der Waals surface area contributed by atoms with Crippen LogP contribution in [0.5, 0.6) is 0 Å². The molecule has 0 bridgehead atoms. The Kier molecular flexibility index (Phi) is 6.91. The lowest BCUT2D eigenvalue weighted by Gasteiger charge is -2.46. The number of fused-ring (bicyclic) bond motifs is 1. The molecule has 1 amide bonds. The Morgan fingerprint density at radius 2 is 1.75 bits per heavy atom. The number of carboxylic acid groups (broad SMARTS) is 1. The van der Waals surface area contributed by atoms with E-state index in [1.807, 2.05) is 29.7 Å². The van der Waals surface area contributed by atoms with E-state index in [1.54, 1.807) is 0 Å². The monoisotopic (exact) mass is 547 g/mol. The average Bonchev–Trinajstić information content (AvgIpc) is 3.31. The number of anilines is 1. The van der Waals surface area contributed by atoms with Crippen molar-refractivity contribution in [3.63, 3.8) is 0 Å². The molecule has 0 radical (unpaired) electrons. The molecule has 0 atom stereocenters. The first-order chi connectivity index (χ1) is 18.6. The van der Waals surface area contributed by atoms with Gasteiger partial charge in [-0.3, -0.25) is 4.79 Å². The number of furan rings is 1. The van der Waals surface area contributed by atoms with Crippen molar-refractivity contribution in [3.05, 3.63) is 47.1 Å². The molecular formula is C31H41N5O4. The molecular weight excluding hydrogens is 506 g/mol. The number of carbonyl (C=O) groups excluding carboxylic acids is 1. The standard InChI is InChI=1S/C31H41N5O4/c1-29(2,3)20-16-22(19-8-11-30(4,5)12-9-19)33-23-17-24(40-25(20)23)26(37)36-15-14-35(18-31(36,6)7)28-32-13-10-21(34-28)27(38)39/h10,13,16-17,19H,8-9,11-12,14-15,18H2,1-7H3,(H,38,39). The SMILES string of the molecule is CC1(C)CCC(c2cc(C(C)(C)C)c3oc(C(=O)N4CCN(c5nccc(C(=O)O)n5)CC4(C)C)cc3n2)CC1. The molecule has 9 heteroatoms. The Balaban J connectivity index is 1.42. The summed E-state index contributed by atoms with van der Waals surface area (Å²) in [7, 11) is 0. The molecule has 3 aromatic rings. The van der Waals surface area contributed by atoms with E-state index >= 15 is 0 Å². The fourth-order valence-corrected chi connectivity index (χ4v) is 6.06. The Morgan fingerprint density at radius 3 is 2.38 bits per heavy atom. The van der Waals surface area contributed by atoms with Gasteiger partial charge >= 0.3 is 5.97 Å². The highest BCUT2D eigenvalue weighted by Gasteiger charge is 2.40. The van der Waals surface area contributed by atoms with Gasteiger partial charge in [-0.15, -0.1) is 0 Å². The number of hydrogen-bond acceptors (Lipinski definition) is 7. The topological polar surface area (TPSA) is 113 Å². The van der Waals surface area contributed by atoms with Crippen LogP contribution in [0.1, 0.15) is 112 Å². The van der Waals surface area contributed by atoms with Gasteiger partial charge in [-0.1, -0.05) is 34.6 Å². The summed E-state index contributed by atoms with van der Waals surface area (Å²) in [6, 6.07) is 5.39. The third-order valence-electron chi connectivity index (χ3n) is 8.57. The molecule has 5 rings (SSSR count). The third-order valence-corrected chi connectivity index (χ3v) is 8.57. The summed E-state index contributed by atoms with van der Waals surface area (Å²) in [4.78, 5) is 42.5. The van der Waals surface area contributed by atoms with Crippen LogP contribution in [0.3, 0.4) is 0 Å². The van der Waals surface area contributed by atoms with Gasteiger partial charge in [0.05, 0.1) is 5.54 Å². The number of piperazine rings is 1. The lowest BCUT2D eigenvalue weighted by atomic mass is 9.72. The second kappa shape index (κ2) is 9.85. The maximum atomic E-state index is 13.9. The van der Waals surface area contributed by atoms with Gasteiger partial charge in [0.15, 0.2) is 17.0 Å². The minimum absolute atomic E-state index is 0.0537. The van der Waals surface area contributed by atoms with Crippen molar-refractivity contribution in [2.24, 2.45) is 5.41 Å². The van der Waals surface area contributed by atoms with Crippen molar-refractivity contribution in [1.82, 2.24) is 19.9 Å². The molecule has 2 fully saturated rings. The summed E-state index contributed by atoms with van der Waals surface area (Å²) in [6.45, 7) is 16.5. The van der Waals surface area contributed by atoms with Gasteiger partial charge in [-0.2, -0.15) is 0 Å². The summed E-state index contributed by atoms with van der Waals surface area (Å²) in [5.41, 5.74) is 3.19. The van der Waals surface area contributed by atoms with E-state index in [9.17, 15) is 14.7 Å². The first-order valence-electron chi connectivity index (χ1n) is 14.2. The van der Waals surface area contributed by atoms with Gasteiger partial charge in [0.25, 0.3) is 5.91 Å². The van der Waals surface area contributed by atoms with Crippen LogP contribution in [0.15, 0.2) is 28.8 Å². The number of aromatic nitrogens is 3. The quantitative estimate of drug-likeness (QED) is 0.421. The van der Waals surface area contributed by atoms with Crippen molar-refractivity contribution >= 4 is 28.9 Å². The lowest BCUT2D eigenvalue weighted by molar-refractivity contribution is 0.0482. The van der Waals surface area contributed by atoms with Gasteiger partial charge < -0.3 is 19.3 Å². The predicted octanol–water partition coefficient (Wildman–Crippen LogP) is 6.04. The predicted molar refractivity (Wildman–Crippen MR) is 154 cm³/mol. The summed E-state index contributed by atoms with van der Waals surface area (Å²) in [6.07, 6.45) is 6.06. The van der Waals surface area contributed by atoms with Crippen molar-refractivity contribution in [3.8, 4) is 0 Å². The smallest absolute Gasteiger partial charge is 0.354 e. The van der Waals surface area contributed by atoms with Crippen LogP contribution in [0, 0.1) is 5.41 Å². The maximum Gasteiger partial charge on any atom is 0.354 e. The zero-order valence-electron chi connectivity index (χ0n) is 24.7. The fraction of sp³-hybridized carbons (Fsp3) is 0.581. The van der Waals surface area contributed by atoms with Gasteiger partial charge in [-0.05, 0) is 62.5 Å². The van der Waals surface area contributed by atoms with Crippen molar-refractivity contribution in [2.45, 2.75) is 91.0 Å². The number of amides is 1. The van der Waals surface area contributed by atoms with Crippen LogP contribution in [-0.2, 0) is 5.41 Å². The molecule has 4 heterocycles. The Labute approximate surface area is 236 Å². The van der Waals surface area contributed by atoms with Crippen LogP contribution in [0.2, 0.25) is 0 Å². The average molecular weight is 548 g/mol.